The summed E-state index contributed by atoms with van der Waals surface area (Å²) in [5.41, 5.74) is 4.03. The van der Waals surface area contributed by atoms with Crippen LogP contribution in [-0.4, -0.2) is 30.7 Å². The van der Waals surface area contributed by atoms with E-state index < -0.39 is 0 Å². The lowest BCUT2D eigenvalue weighted by atomic mass is 10.1. The molecule has 1 N–H and O–H groups in total. The third-order valence-corrected chi connectivity index (χ3v) is 6.25. The van der Waals surface area contributed by atoms with Crippen molar-refractivity contribution in [2.75, 3.05) is 0 Å². The molecule has 1 aliphatic heterocycles. The molecule has 0 spiro atoms. The number of nitrogens with zero attached hydrogens (tertiary/aromatic N) is 4. The molecule has 3 aromatic rings. The first-order chi connectivity index (χ1) is 13.5. The van der Waals surface area contributed by atoms with Crippen molar-refractivity contribution >= 4 is 17.7 Å². The number of hydrogen-bond donors (Lipinski definition) is 1. The number of aryl methyl sites for hydroxylation is 1. The molecular weight excluding hydrogens is 372 g/mol. The second-order valence-corrected chi connectivity index (χ2v) is 8.38. The van der Waals surface area contributed by atoms with E-state index in [1.54, 1.807) is 29.1 Å². The Labute approximate surface area is 168 Å². The van der Waals surface area contributed by atoms with E-state index in [9.17, 15) is 9.90 Å². The Morgan fingerprint density at radius 3 is 2.82 bits per heavy atom. The summed E-state index contributed by atoms with van der Waals surface area (Å²) in [7, 11) is 1.93. The van der Waals surface area contributed by atoms with E-state index in [1.807, 2.05) is 35.9 Å². The molecular formula is C21H22N4O2S. The van der Waals surface area contributed by atoms with Crippen LogP contribution >= 0.6 is 11.8 Å². The molecule has 7 heteroatoms. The molecule has 2 heterocycles. The predicted octanol–water partition coefficient (Wildman–Crippen LogP) is 3.46. The molecule has 0 fully saturated rings. The second-order valence-electron chi connectivity index (χ2n) is 7.07. The first-order valence-electron chi connectivity index (χ1n) is 9.18. The van der Waals surface area contributed by atoms with Crippen molar-refractivity contribution in [3.05, 3.63) is 71.0 Å². The van der Waals surface area contributed by atoms with Crippen molar-refractivity contribution in [2.24, 2.45) is 7.05 Å². The fourth-order valence-electron chi connectivity index (χ4n) is 3.43. The molecule has 0 unspecified atom stereocenters. The maximum absolute atomic E-state index is 12.8. The molecule has 0 saturated carbocycles. The molecule has 1 amide bonds. The van der Waals surface area contributed by atoms with Crippen LogP contribution in [0.4, 0.5) is 0 Å². The first-order valence-corrected chi connectivity index (χ1v) is 10.1. The van der Waals surface area contributed by atoms with E-state index >= 15 is 0 Å². The van der Waals surface area contributed by atoms with Crippen LogP contribution in [0.5, 0.6) is 5.75 Å². The second kappa shape index (κ2) is 7.67. The van der Waals surface area contributed by atoms with Crippen molar-refractivity contribution < 1.29 is 9.90 Å². The van der Waals surface area contributed by atoms with Crippen LogP contribution in [0, 0.1) is 0 Å². The van der Waals surface area contributed by atoms with E-state index in [-0.39, 0.29) is 16.9 Å². The molecule has 28 heavy (non-hydrogen) atoms. The molecule has 144 valence electrons. The molecule has 0 saturated heterocycles. The molecule has 2 aromatic carbocycles. The van der Waals surface area contributed by atoms with Crippen LogP contribution in [0.15, 0.2) is 53.9 Å². The van der Waals surface area contributed by atoms with Crippen LogP contribution in [0.2, 0.25) is 0 Å². The quantitative estimate of drug-likeness (QED) is 0.671. The van der Waals surface area contributed by atoms with Crippen molar-refractivity contribution in [2.45, 2.75) is 36.8 Å². The third kappa shape index (κ3) is 3.75. The molecule has 0 radical (unpaired) electrons. The van der Waals surface area contributed by atoms with Gasteiger partial charge < -0.3 is 14.6 Å². The average Bonchev–Trinajstić information content (AvgIpc) is 3.29. The van der Waals surface area contributed by atoms with E-state index in [0.717, 1.165) is 27.4 Å². The lowest BCUT2D eigenvalue weighted by molar-refractivity contribution is -0.131. The van der Waals surface area contributed by atoms with Gasteiger partial charge in [-0.05, 0) is 29.7 Å². The molecule has 1 aliphatic rings. The highest BCUT2D eigenvalue weighted by Gasteiger charge is 2.25. The number of phenols is 1. The third-order valence-electron chi connectivity index (χ3n) is 5.04. The van der Waals surface area contributed by atoms with Gasteiger partial charge in [0.05, 0.1) is 6.42 Å². The van der Waals surface area contributed by atoms with E-state index in [0.29, 0.717) is 19.5 Å². The van der Waals surface area contributed by atoms with Gasteiger partial charge in [0.15, 0.2) is 5.16 Å². The van der Waals surface area contributed by atoms with Gasteiger partial charge in [-0.2, -0.15) is 0 Å². The van der Waals surface area contributed by atoms with Crippen LogP contribution in [0.3, 0.4) is 0 Å². The van der Waals surface area contributed by atoms with Crippen molar-refractivity contribution in [1.29, 1.82) is 0 Å². The van der Waals surface area contributed by atoms with Gasteiger partial charge in [0.25, 0.3) is 0 Å². The summed E-state index contributed by atoms with van der Waals surface area (Å²) in [5.74, 6) is 0.339. The Morgan fingerprint density at radius 1 is 1.25 bits per heavy atom. The van der Waals surface area contributed by atoms with E-state index in [1.165, 1.54) is 0 Å². The number of amides is 1. The number of carbonyl (C=O) groups excluding carboxylic acids is 1. The summed E-state index contributed by atoms with van der Waals surface area (Å²) in [5, 5.41) is 19.1. The SMILES string of the molecule is C[C@H](Sc1nncn1C)c1cccc(CC(=O)N2Cc3cccc(O)c3C2)c1. The number of aromatic nitrogens is 3. The van der Waals surface area contributed by atoms with Crippen LogP contribution in [0.1, 0.15) is 34.4 Å². The Bertz CT molecular complexity index is 1020. The summed E-state index contributed by atoms with van der Waals surface area (Å²) in [6.07, 6.45) is 2.04. The lowest BCUT2D eigenvalue weighted by Crippen LogP contribution is -2.26. The number of thioether (sulfide) groups is 1. The van der Waals surface area contributed by atoms with Crippen molar-refractivity contribution in [1.82, 2.24) is 19.7 Å². The molecule has 4 rings (SSSR count). The first kappa shape index (κ1) is 18.6. The van der Waals surface area contributed by atoms with Gasteiger partial charge in [-0.1, -0.05) is 48.2 Å². The van der Waals surface area contributed by atoms with Gasteiger partial charge in [-0.25, -0.2) is 0 Å². The van der Waals surface area contributed by atoms with E-state index in [4.69, 9.17) is 0 Å². The van der Waals surface area contributed by atoms with Gasteiger partial charge in [-0.3, -0.25) is 4.79 Å². The topological polar surface area (TPSA) is 71.2 Å². The smallest absolute Gasteiger partial charge is 0.227 e. The highest BCUT2D eigenvalue weighted by Crippen LogP contribution is 2.34. The maximum atomic E-state index is 12.8. The molecule has 1 atom stereocenters. The zero-order valence-electron chi connectivity index (χ0n) is 15.9. The fraction of sp³-hybridized carbons (Fsp3) is 0.286. The number of benzene rings is 2. The number of rotatable bonds is 5. The molecule has 6 nitrogen and oxygen atoms in total. The summed E-state index contributed by atoms with van der Waals surface area (Å²) < 4.78 is 1.90. The predicted molar refractivity (Wildman–Crippen MR) is 108 cm³/mol. The van der Waals surface area contributed by atoms with Gasteiger partial charge >= 0.3 is 0 Å². The molecule has 1 aromatic heterocycles. The van der Waals surface area contributed by atoms with Gasteiger partial charge in [-0.15, -0.1) is 10.2 Å². The highest BCUT2D eigenvalue weighted by molar-refractivity contribution is 7.99. The van der Waals surface area contributed by atoms with Crippen LogP contribution < -0.4 is 0 Å². The van der Waals surface area contributed by atoms with Crippen molar-refractivity contribution in [3.63, 3.8) is 0 Å². The number of aromatic hydroxyl groups is 1. The minimum Gasteiger partial charge on any atom is -0.508 e. The normalized spacial score (nSPS) is 14.1. The number of hydrogen-bond acceptors (Lipinski definition) is 5. The van der Waals surface area contributed by atoms with Crippen LogP contribution in [0.25, 0.3) is 0 Å². The standard InChI is InChI=1S/C21H22N4O2S/c1-14(28-21-23-22-13-24(21)2)16-6-3-5-15(9-16)10-20(27)25-11-17-7-4-8-19(26)18(17)12-25/h3-9,13-14,26H,10-12H2,1-2H3/t14-/m0/s1. The molecule has 0 aliphatic carbocycles. The summed E-state index contributed by atoms with van der Waals surface area (Å²) in [6, 6.07) is 13.6. The Balaban J connectivity index is 1.43. The van der Waals surface area contributed by atoms with Gasteiger partial charge in [0.2, 0.25) is 5.91 Å². The average molecular weight is 395 g/mol. The summed E-state index contributed by atoms with van der Waals surface area (Å²) >= 11 is 1.64. The van der Waals surface area contributed by atoms with Gasteiger partial charge in [0.1, 0.15) is 12.1 Å². The highest BCUT2D eigenvalue weighted by atomic mass is 32.2. The minimum atomic E-state index is 0.0707. The largest absolute Gasteiger partial charge is 0.508 e. The van der Waals surface area contributed by atoms with Gasteiger partial charge in [0, 0.05) is 31.0 Å². The zero-order valence-corrected chi connectivity index (χ0v) is 16.7. The number of phenolic OH excluding ortho intramolecular Hbond substituents is 1. The number of fused-ring (bicyclic) bond motifs is 1. The van der Waals surface area contributed by atoms with Crippen LogP contribution in [-0.2, 0) is 31.4 Å². The lowest BCUT2D eigenvalue weighted by Gasteiger charge is -2.16. The minimum absolute atomic E-state index is 0.0707. The fourth-order valence-corrected chi connectivity index (χ4v) is 4.33. The summed E-state index contributed by atoms with van der Waals surface area (Å²) in [6.45, 7) is 3.15. The summed E-state index contributed by atoms with van der Waals surface area (Å²) in [4.78, 5) is 14.6. The Kier molecular flexibility index (Phi) is 5.09. The zero-order chi connectivity index (χ0) is 19.7. The maximum Gasteiger partial charge on any atom is 0.227 e. The Morgan fingerprint density at radius 2 is 2.07 bits per heavy atom. The van der Waals surface area contributed by atoms with E-state index in [2.05, 4.69) is 29.3 Å². The van der Waals surface area contributed by atoms with Crippen molar-refractivity contribution in [3.8, 4) is 5.75 Å². The molecule has 0 bridgehead atoms. The number of carbonyl (C=O) groups is 1. The monoisotopic (exact) mass is 394 g/mol. The Hall–Kier alpha value is -2.80.